The first kappa shape index (κ1) is 24.3. The number of alkyl carbamates (subject to hydrolysis) is 1. The van der Waals surface area contributed by atoms with Crippen LogP contribution in [0.5, 0.6) is 5.75 Å². The van der Waals surface area contributed by atoms with Crippen molar-refractivity contribution >= 4 is 36.0 Å². The second-order valence-electron chi connectivity index (χ2n) is 6.62. The number of carbonyl (C=O) groups excluding carboxylic acids is 1. The van der Waals surface area contributed by atoms with Gasteiger partial charge >= 0.3 is 6.09 Å². The summed E-state index contributed by atoms with van der Waals surface area (Å²) in [6, 6.07) is 7.23. The number of halogens is 1. The number of carbonyl (C=O) groups is 1. The van der Waals surface area contributed by atoms with E-state index in [1.165, 1.54) is 5.56 Å². The van der Waals surface area contributed by atoms with Gasteiger partial charge in [0.1, 0.15) is 11.4 Å². The van der Waals surface area contributed by atoms with E-state index in [2.05, 4.69) is 20.9 Å². The maximum absolute atomic E-state index is 11.5. The molecule has 0 aliphatic carbocycles. The molecule has 0 aliphatic heterocycles. The van der Waals surface area contributed by atoms with Gasteiger partial charge in [-0.25, -0.2) is 4.79 Å². The van der Waals surface area contributed by atoms with Gasteiger partial charge < -0.3 is 25.8 Å². The van der Waals surface area contributed by atoms with Crippen LogP contribution in [0.1, 0.15) is 32.8 Å². The fraction of sp³-hybridized carbons (Fsp3) is 0.556. The number of amides is 1. The van der Waals surface area contributed by atoms with Gasteiger partial charge in [-0.3, -0.25) is 4.99 Å². The van der Waals surface area contributed by atoms with Gasteiger partial charge in [0, 0.05) is 26.7 Å². The van der Waals surface area contributed by atoms with Crippen molar-refractivity contribution in [3.63, 3.8) is 0 Å². The van der Waals surface area contributed by atoms with Gasteiger partial charge in [-0.1, -0.05) is 12.1 Å². The number of phenolic OH excluding ortho intramolecular Hbond substituents is 1. The van der Waals surface area contributed by atoms with Gasteiger partial charge in [0.2, 0.25) is 0 Å². The standard InChI is InChI=1S/C18H30N4O3.HI/c1-18(2,3)25-17(24)22-13-12-21-16(19-4)20-11-5-6-14-7-9-15(23)10-8-14;/h7-10,23H,5-6,11-13H2,1-4H3,(H,22,24)(H2,19,20,21);1H. The van der Waals surface area contributed by atoms with Crippen molar-refractivity contribution in [2.24, 2.45) is 4.99 Å². The number of aromatic hydroxyl groups is 1. The molecule has 0 atom stereocenters. The highest BCUT2D eigenvalue weighted by Crippen LogP contribution is 2.10. The molecular weight excluding hydrogens is 447 g/mol. The highest BCUT2D eigenvalue weighted by atomic mass is 127. The van der Waals surface area contributed by atoms with Gasteiger partial charge in [0.25, 0.3) is 0 Å². The Morgan fingerprint density at radius 3 is 2.23 bits per heavy atom. The summed E-state index contributed by atoms with van der Waals surface area (Å²) in [7, 11) is 1.70. The van der Waals surface area contributed by atoms with Crippen LogP contribution in [-0.4, -0.2) is 49.4 Å². The molecule has 0 fully saturated rings. The molecule has 0 saturated heterocycles. The van der Waals surface area contributed by atoms with E-state index in [9.17, 15) is 9.90 Å². The van der Waals surface area contributed by atoms with Crippen LogP contribution in [0.15, 0.2) is 29.3 Å². The summed E-state index contributed by atoms with van der Waals surface area (Å²) in [5.74, 6) is 0.975. The Morgan fingerprint density at radius 1 is 1.08 bits per heavy atom. The Morgan fingerprint density at radius 2 is 1.65 bits per heavy atom. The lowest BCUT2D eigenvalue weighted by molar-refractivity contribution is 0.0529. The van der Waals surface area contributed by atoms with Crippen LogP contribution >= 0.6 is 24.0 Å². The van der Waals surface area contributed by atoms with Crippen LogP contribution in [0.4, 0.5) is 4.79 Å². The van der Waals surface area contributed by atoms with Gasteiger partial charge in [0.05, 0.1) is 0 Å². The average molecular weight is 478 g/mol. The summed E-state index contributed by atoms with van der Waals surface area (Å²) < 4.78 is 5.16. The fourth-order valence-corrected chi connectivity index (χ4v) is 2.04. The fourth-order valence-electron chi connectivity index (χ4n) is 2.04. The zero-order chi connectivity index (χ0) is 18.7. The van der Waals surface area contributed by atoms with E-state index in [1.807, 2.05) is 32.9 Å². The monoisotopic (exact) mass is 478 g/mol. The molecule has 1 aromatic rings. The molecule has 26 heavy (non-hydrogen) atoms. The third-order valence-corrected chi connectivity index (χ3v) is 3.18. The number of hydrogen-bond donors (Lipinski definition) is 4. The van der Waals surface area contributed by atoms with Crippen LogP contribution in [-0.2, 0) is 11.2 Å². The number of rotatable bonds is 7. The first-order valence-electron chi connectivity index (χ1n) is 8.49. The number of guanidine groups is 1. The molecule has 0 saturated carbocycles. The summed E-state index contributed by atoms with van der Waals surface area (Å²) in [5.41, 5.74) is 0.691. The van der Waals surface area contributed by atoms with Crippen LogP contribution < -0.4 is 16.0 Å². The minimum atomic E-state index is -0.493. The number of hydrogen-bond acceptors (Lipinski definition) is 4. The van der Waals surface area contributed by atoms with E-state index < -0.39 is 11.7 Å². The second-order valence-corrected chi connectivity index (χ2v) is 6.62. The first-order chi connectivity index (χ1) is 11.8. The molecule has 0 aliphatic rings. The minimum absolute atomic E-state index is 0. The molecular formula is C18H31IN4O3. The van der Waals surface area contributed by atoms with Crippen molar-refractivity contribution < 1.29 is 14.6 Å². The summed E-state index contributed by atoms with van der Waals surface area (Å²) in [6.45, 7) is 7.26. The number of aryl methyl sites for hydroxylation is 1. The molecule has 0 spiro atoms. The number of aliphatic imine (C=N–C) groups is 1. The highest BCUT2D eigenvalue weighted by molar-refractivity contribution is 14.0. The molecule has 148 valence electrons. The van der Waals surface area contributed by atoms with Gasteiger partial charge in [-0.05, 0) is 51.3 Å². The Balaban J connectivity index is 0.00000625. The summed E-state index contributed by atoms with van der Waals surface area (Å²) >= 11 is 0. The highest BCUT2D eigenvalue weighted by Gasteiger charge is 2.15. The lowest BCUT2D eigenvalue weighted by atomic mass is 10.1. The van der Waals surface area contributed by atoms with Crippen LogP contribution in [0.3, 0.4) is 0 Å². The van der Waals surface area contributed by atoms with Crippen LogP contribution in [0.25, 0.3) is 0 Å². The van der Waals surface area contributed by atoms with E-state index in [0.29, 0.717) is 19.0 Å². The normalized spacial score (nSPS) is 11.3. The summed E-state index contributed by atoms with van der Waals surface area (Å²) in [6.07, 6.45) is 1.44. The molecule has 1 aromatic carbocycles. The van der Waals surface area contributed by atoms with E-state index in [-0.39, 0.29) is 29.7 Å². The molecule has 0 aromatic heterocycles. The maximum Gasteiger partial charge on any atom is 0.407 e. The number of phenols is 1. The lowest BCUT2D eigenvalue weighted by Crippen LogP contribution is -2.42. The van der Waals surface area contributed by atoms with Crippen molar-refractivity contribution in [2.45, 2.75) is 39.2 Å². The predicted molar refractivity (Wildman–Crippen MR) is 115 cm³/mol. The van der Waals surface area contributed by atoms with Crippen molar-refractivity contribution in [3.05, 3.63) is 29.8 Å². The molecule has 4 N–H and O–H groups in total. The van der Waals surface area contributed by atoms with Crippen molar-refractivity contribution in [2.75, 3.05) is 26.7 Å². The largest absolute Gasteiger partial charge is 0.508 e. The number of nitrogens with one attached hydrogen (secondary N) is 3. The summed E-state index contributed by atoms with van der Waals surface area (Å²) in [5, 5.41) is 18.3. The van der Waals surface area contributed by atoms with Gasteiger partial charge in [-0.2, -0.15) is 0 Å². The third kappa shape index (κ3) is 11.8. The summed E-state index contributed by atoms with van der Waals surface area (Å²) in [4.78, 5) is 15.7. The van der Waals surface area contributed by atoms with Gasteiger partial charge in [-0.15, -0.1) is 24.0 Å². The molecule has 0 heterocycles. The van der Waals surface area contributed by atoms with Crippen molar-refractivity contribution in [3.8, 4) is 5.75 Å². The number of ether oxygens (including phenoxy) is 1. The minimum Gasteiger partial charge on any atom is -0.508 e. The molecule has 1 rings (SSSR count). The molecule has 1 amide bonds. The van der Waals surface area contributed by atoms with E-state index in [0.717, 1.165) is 19.4 Å². The Kier molecular flexibility index (Phi) is 11.8. The van der Waals surface area contributed by atoms with Gasteiger partial charge in [0.15, 0.2) is 5.96 Å². The number of benzene rings is 1. The van der Waals surface area contributed by atoms with Crippen molar-refractivity contribution in [1.29, 1.82) is 0 Å². The first-order valence-corrected chi connectivity index (χ1v) is 8.49. The Labute approximate surface area is 173 Å². The van der Waals surface area contributed by atoms with E-state index in [4.69, 9.17) is 4.74 Å². The van der Waals surface area contributed by atoms with E-state index >= 15 is 0 Å². The zero-order valence-corrected chi connectivity index (χ0v) is 18.3. The molecule has 8 heteroatoms. The molecule has 0 radical (unpaired) electrons. The SMILES string of the molecule is CN=C(NCCCc1ccc(O)cc1)NCCNC(=O)OC(C)(C)C.I. The Bertz CT molecular complexity index is 557. The average Bonchev–Trinajstić information content (AvgIpc) is 2.53. The number of nitrogens with zero attached hydrogens (tertiary/aromatic N) is 1. The smallest absolute Gasteiger partial charge is 0.407 e. The van der Waals surface area contributed by atoms with Crippen LogP contribution in [0, 0.1) is 0 Å². The molecule has 0 bridgehead atoms. The molecule has 7 nitrogen and oxygen atoms in total. The van der Waals surface area contributed by atoms with Crippen molar-refractivity contribution in [1.82, 2.24) is 16.0 Å². The van der Waals surface area contributed by atoms with Crippen LogP contribution in [0.2, 0.25) is 0 Å². The van der Waals surface area contributed by atoms with E-state index in [1.54, 1.807) is 19.2 Å². The quantitative estimate of drug-likeness (QED) is 0.209. The zero-order valence-electron chi connectivity index (χ0n) is 16.0. The topological polar surface area (TPSA) is 95.0 Å². The third-order valence-electron chi connectivity index (χ3n) is 3.18. The maximum atomic E-state index is 11.5. The second kappa shape index (κ2) is 12.6. The molecule has 0 unspecified atom stereocenters. The lowest BCUT2D eigenvalue weighted by Gasteiger charge is -2.19. The Hall–Kier alpha value is -1.71. The predicted octanol–water partition coefficient (Wildman–Crippen LogP) is 2.63.